The molecule has 1 aromatic heterocycles. The van der Waals surface area contributed by atoms with Gasteiger partial charge in [0.05, 0.1) is 7.11 Å². The van der Waals surface area contributed by atoms with E-state index in [0.717, 1.165) is 16.9 Å². The van der Waals surface area contributed by atoms with E-state index in [1.54, 1.807) is 32.2 Å². The Morgan fingerprint density at radius 1 is 1.15 bits per heavy atom. The molecule has 6 nitrogen and oxygen atoms in total. The normalized spacial score (nSPS) is 11.7. The van der Waals surface area contributed by atoms with E-state index in [1.165, 1.54) is 11.3 Å². The van der Waals surface area contributed by atoms with E-state index in [2.05, 4.69) is 15.5 Å². The summed E-state index contributed by atoms with van der Waals surface area (Å²) in [5, 5.41) is 12.6. The predicted octanol–water partition coefficient (Wildman–Crippen LogP) is 4.58. The second-order valence-electron chi connectivity index (χ2n) is 5.80. The van der Waals surface area contributed by atoms with Crippen molar-refractivity contribution >= 4 is 34.0 Å². The van der Waals surface area contributed by atoms with Gasteiger partial charge in [-0.1, -0.05) is 22.9 Å². The number of hydrogen-bond acceptors (Lipinski definition) is 6. The predicted molar refractivity (Wildman–Crippen MR) is 107 cm³/mol. The van der Waals surface area contributed by atoms with Gasteiger partial charge in [0.25, 0.3) is 5.91 Å². The van der Waals surface area contributed by atoms with Crippen LogP contribution in [0, 0.1) is 6.92 Å². The Morgan fingerprint density at radius 2 is 1.85 bits per heavy atom. The van der Waals surface area contributed by atoms with Crippen LogP contribution in [0.15, 0.2) is 42.5 Å². The van der Waals surface area contributed by atoms with Gasteiger partial charge in [0, 0.05) is 10.6 Å². The molecular formula is C19H18ClN3O3S. The summed E-state index contributed by atoms with van der Waals surface area (Å²) in [6, 6.07) is 12.7. The number of halogens is 1. The van der Waals surface area contributed by atoms with Gasteiger partial charge in [0.2, 0.25) is 5.13 Å². The molecule has 0 aliphatic rings. The quantitative estimate of drug-likeness (QED) is 0.652. The number of anilines is 1. The lowest BCUT2D eigenvalue weighted by Gasteiger charge is -2.14. The highest BCUT2D eigenvalue weighted by Gasteiger charge is 2.17. The molecule has 0 fully saturated rings. The summed E-state index contributed by atoms with van der Waals surface area (Å²) in [4.78, 5) is 12.4. The van der Waals surface area contributed by atoms with E-state index in [-0.39, 0.29) is 5.91 Å². The molecule has 2 aromatic carbocycles. The number of carbonyl (C=O) groups excluding carboxylic acids is 1. The van der Waals surface area contributed by atoms with Gasteiger partial charge in [-0.05, 0) is 61.9 Å². The molecule has 0 saturated carbocycles. The first kappa shape index (κ1) is 19.1. The molecule has 0 aliphatic heterocycles. The van der Waals surface area contributed by atoms with Crippen molar-refractivity contribution in [3.63, 3.8) is 0 Å². The zero-order chi connectivity index (χ0) is 19.4. The average molecular weight is 404 g/mol. The fraction of sp³-hybridized carbons (Fsp3) is 0.211. The summed E-state index contributed by atoms with van der Waals surface area (Å²) >= 11 is 7.29. The zero-order valence-electron chi connectivity index (χ0n) is 15.0. The van der Waals surface area contributed by atoms with E-state index in [1.807, 2.05) is 31.2 Å². The van der Waals surface area contributed by atoms with Gasteiger partial charge >= 0.3 is 0 Å². The number of aromatic nitrogens is 2. The van der Waals surface area contributed by atoms with E-state index < -0.39 is 6.10 Å². The Bertz CT molecular complexity index is 944. The van der Waals surface area contributed by atoms with Crippen LogP contribution in [0.2, 0.25) is 5.02 Å². The Kier molecular flexibility index (Phi) is 5.93. The Morgan fingerprint density at radius 3 is 2.52 bits per heavy atom. The number of nitrogens with one attached hydrogen (secondary N) is 1. The molecule has 1 unspecified atom stereocenters. The number of ether oxygens (including phenoxy) is 2. The minimum absolute atomic E-state index is 0.306. The smallest absolute Gasteiger partial charge is 0.266 e. The molecular weight excluding hydrogens is 386 g/mol. The number of carbonyl (C=O) groups is 1. The van der Waals surface area contributed by atoms with Crippen molar-refractivity contribution in [1.29, 1.82) is 0 Å². The average Bonchev–Trinajstić information content (AvgIpc) is 3.13. The van der Waals surface area contributed by atoms with Gasteiger partial charge in [-0.3, -0.25) is 10.1 Å². The topological polar surface area (TPSA) is 73.3 Å². The Labute approximate surface area is 166 Å². The summed E-state index contributed by atoms with van der Waals surface area (Å²) in [7, 11) is 1.61. The van der Waals surface area contributed by atoms with Crippen molar-refractivity contribution in [3.8, 4) is 22.1 Å². The van der Waals surface area contributed by atoms with Gasteiger partial charge < -0.3 is 9.47 Å². The molecule has 0 aliphatic carbocycles. The molecule has 3 aromatic rings. The number of aryl methyl sites for hydroxylation is 1. The maximum Gasteiger partial charge on any atom is 0.266 e. The molecule has 8 heteroatoms. The molecule has 1 N–H and O–H groups in total. The van der Waals surface area contributed by atoms with E-state index in [0.29, 0.717) is 20.9 Å². The van der Waals surface area contributed by atoms with Crippen molar-refractivity contribution in [2.75, 3.05) is 12.4 Å². The standard InChI is InChI=1S/C19H18ClN3O3S/c1-11-10-15(8-9-16(11)20)26-12(2)17(24)21-19-23-22-18(27-19)13-4-6-14(25-3)7-5-13/h4-10,12H,1-3H3,(H,21,23,24). The first-order valence-corrected chi connectivity index (χ1v) is 9.37. The van der Waals surface area contributed by atoms with Crippen LogP contribution in [-0.4, -0.2) is 29.3 Å². The zero-order valence-corrected chi connectivity index (χ0v) is 16.6. The van der Waals surface area contributed by atoms with E-state index >= 15 is 0 Å². The van der Waals surface area contributed by atoms with Crippen LogP contribution in [0.1, 0.15) is 12.5 Å². The van der Waals surface area contributed by atoms with Gasteiger partial charge in [-0.2, -0.15) is 0 Å². The monoisotopic (exact) mass is 403 g/mol. The first-order valence-electron chi connectivity index (χ1n) is 8.18. The number of rotatable bonds is 6. The van der Waals surface area contributed by atoms with Crippen LogP contribution >= 0.6 is 22.9 Å². The van der Waals surface area contributed by atoms with E-state index in [9.17, 15) is 4.79 Å². The minimum Gasteiger partial charge on any atom is -0.497 e. The number of nitrogens with zero attached hydrogens (tertiary/aromatic N) is 2. The maximum absolute atomic E-state index is 12.4. The fourth-order valence-corrected chi connectivity index (χ4v) is 3.15. The number of methoxy groups -OCH3 is 1. The van der Waals surface area contributed by atoms with Crippen LogP contribution in [0.5, 0.6) is 11.5 Å². The third-order valence-corrected chi connectivity index (χ3v) is 5.12. The summed E-state index contributed by atoms with van der Waals surface area (Å²) in [6.45, 7) is 3.55. The molecule has 140 valence electrons. The number of benzene rings is 2. The van der Waals surface area contributed by atoms with Crippen molar-refractivity contribution in [2.45, 2.75) is 20.0 Å². The van der Waals surface area contributed by atoms with Crippen molar-refractivity contribution in [2.24, 2.45) is 0 Å². The lowest BCUT2D eigenvalue weighted by molar-refractivity contribution is -0.122. The van der Waals surface area contributed by atoms with Gasteiger partial charge in [0.15, 0.2) is 6.10 Å². The molecule has 1 amide bonds. The third-order valence-electron chi connectivity index (χ3n) is 3.80. The van der Waals surface area contributed by atoms with Crippen molar-refractivity contribution in [3.05, 3.63) is 53.1 Å². The highest BCUT2D eigenvalue weighted by molar-refractivity contribution is 7.18. The van der Waals surface area contributed by atoms with Crippen molar-refractivity contribution in [1.82, 2.24) is 10.2 Å². The van der Waals surface area contributed by atoms with Gasteiger partial charge in [0.1, 0.15) is 16.5 Å². The Hall–Kier alpha value is -2.64. The van der Waals surface area contributed by atoms with Crippen LogP contribution < -0.4 is 14.8 Å². The molecule has 0 radical (unpaired) electrons. The highest BCUT2D eigenvalue weighted by atomic mass is 35.5. The van der Waals surface area contributed by atoms with Gasteiger partial charge in [-0.25, -0.2) is 0 Å². The fourth-order valence-electron chi connectivity index (χ4n) is 2.28. The van der Waals surface area contributed by atoms with Gasteiger partial charge in [-0.15, -0.1) is 10.2 Å². The second-order valence-corrected chi connectivity index (χ2v) is 7.19. The molecule has 1 atom stereocenters. The minimum atomic E-state index is -0.695. The molecule has 3 rings (SSSR count). The lowest BCUT2D eigenvalue weighted by Crippen LogP contribution is -2.30. The molecule has 0 spiro atoms. The lowest BCUT2D eigenvalue weighted by atomic mass is 10.2. The second kappa shape index (κ2) is 8.37. The van der Waals surface area contributed by atoms with Crippen molar-refractivity contribution < 1.29 is 14.3 Å². The SMILES string of the molecule is COc1ccc(-c2nnc(NC(=O)C(C)Oc3ccc(Cl)c(C)c3)s2)cc1. The number of amides is 1. The highest BCUT2D eigenvalue weighted by Crippen LogP contribution is 2.28. The molecule has 27 heavy (non-hydrogen) atoms. The summed E-state index contributed by atoms with van der Waals surface area (Å²) in [5.41, 5.74) is 1.78. The molecule has 0 bridgehead atoms. The number of hydrogen-bond donors (Lipinski definition) is 1. The third kappa shape index (κ3) is 4.75. The van der Waals surface area contributed by atoms with Crippen LogP contribution in [-0.2, 0) is 4.79 Å². The first-order chi connectivity index (χ1) is 13.0. The largest absolute Gasteiger partial charge is 0.497 e. The van der Waals surface area contributed by atoms with Crippen LogP contribution in [0.4, 0.5) is 5.13 Å². The summed E-state index contributed by atoms with van der Waals surface area (Å²) in [6.07, 6.45) is -0.695. The van der Waals surface area contributed by atoms with Crippen LogP contribution in [0.3, 0.4) is 0 Å². The Balaban J connectivity index is 1.63. The summed E-state index contributed by atoms with van der Waals surface area (Å²) in [5.74, 6) is 1.04. The van der Waals surface area contributed by atoms with E-state index in [4.69, 9.17) is 21.1 Å². The molecule has 1 heterocycles. The maximum atomic E-state index is 12.4. The summed E-state index contributed by atoms with van der Waals surface area (Å²) < 4.78 is 10.8. The van der Waals surface area contributed by atoms with Crippen LogP contribution in [0.25, 0.3) is 10.6 Å². The molecule has 0 saturated heterocycles.